The van der Waals surface area contributed by atoms with Gasteiger partial charge in [0.05, 0.1) is 11.1 Å². The van der Waals surface area contributed by atoms with Crippen LogP contribution in [-0.2, 0) is 6.42 Å². The number of rotatable bonds is 2. The molecule has 5 rings (SSSR count). The number of carbonyl (C=O) groups excluding carboxylic acids is 1. The van der Waals surface area contributed by atoms with E-state index in [1.54, 1.807) is 0 Å². The average Bonchev–Trinajstić information content (AvgIpc) is 2.73. The summed E-state index contributed by atoms with van der Waals surface area (Å²) in [6.07, 6.45) is 12.8. The number of Topliss-reactive ketones (excluding diaryl/α,β-unsaturated/α-hetero) is 1. The number of pyridine rings is 1. The summed E-state index contributed by atoms with van der Waals surface area (Å²) in [5.41, 5.74) is 2.84. The molecule has 146 valence electrons. The Morgan fingerprint density at radius 1 is 1.00 bits per heavy atom. The van der Waals surface area contributed by atoms with Gasteiger partial charge in [0.15, 0.2) is 11.4 Å². The summed E-state index contributed by atoms with van der Waals surface area (Å²) in [5, 5.41) is 0.537. The number of aryl methyl sites for hydroxylation is 1. The fourth-order valence-electron chi connectivity index (χ4n) is 4.99. The fraction of sp³-hybridized carbons (Fsp3) is 0.545. The van der Waals surface area contributed by atoms with Gasteiger partial charge in [-0.15, -0.1) is 0 Å². The topological polar surface area (TPSA) is 79.0 Å². The number of H-pyrrole nitrogens is 1. The lowest BCUT2D eigenvalue weighted by molar-refractivity contribution is 0.0970. The summed E-state index contributed by atoms with van der Waals surface area (Å²) in [6, 6.07) is 0. The third-order valence-corrected chi connectivity index (χ3v) is 6.39. The summed E-state index contributed by atoms with van der Waals surface area (Å²) in [4.78, 5) is 40.7. The highest BCUT2D eigenvalue weighted by Crippen LogP contribution is 2.38. The molecule has 2 aromatic heterocycles. The van der Waals surface area contributed by atoms with E-state index in [2.05, 4.69) is 22.0 Å². The number of aromatic amines is 1. The molecule has 0 unspecified atom stereocenters. The lowest BCUT2D eigenvalue weighted by Crippen LogP contribution is -2.33. The predicted molar refractivity (Wildman–Crippen MR) is 109 cm³/mol. The first-order valence-electron chi connectivity index (χ1n) is 10.6. The molecule has 6 heteroatoms. The highest BCUT2D eigenvalue weighted by molar-refractivity contribution is 6.03. The summed E-state index contributed by atoms with van der Waals surface area (Å²) >= 11 is 0. The maximum atomic E-state index is 13.2. The number of anilines is 1. The van der Waals surface area contributed by atoms with E-state index in [-0.39, 0.29) is 17.3 Å². The van der Waals surface area contributed by atoms with Gasteiger partial charge in [-0.1, -0.05) is 12.2 Å². The largest absolute Gasteiger partial charge is 0.342 e. The molecule has 1 aliphatic heterocycles. The number of fused-ring (bicyclic) bond motifs is 2. The van der Waals surface area contributed by atoms with E-state index in [9.17, 15) is 9.59 Å². The number of hydrogen-bond acceptors (Lipinski definition) is 5. The summed E-state index contributed by atoms with van der Waals surface area (Å²) in [6.45, 7) is 1.83. The Labute approximate surface area is 164 Å². The van der Waals surface area contributed by atoms with Crippen LogP contribution in [0.5, 0.6) is 0 Å². The standard InChI is InChI=1S/C22H26N4O2/c27-16-11-7-10-15-18(16)17(14-8-3-1-4-9-14)19-20(23-15)24-22(25-21(19)28)26-12-5-2-6-13-26/h1,3,14H,2,4-13H2,(H,23,24,25,28)/t14-/m0/s1. The van der Waals surface area contributed by atoms with E-state index in [1.165, 1.54) is 6.42 Å². The third-order valence-electron chi connectivity index (χ3n) is 6.39. The quantitative estimate of drug-likeness (QED) is 0.807. The van der Waals surface area contributed by atoms with Gasteiger partial charge in [-0.05, 0) is 62.8 Å². The van der Waals surface area contributed by atoms with Gasteiger partial charge in [-0.3, -0.25) is 14.6 Å². The van der Waals surface area contributed by atoms with Gasteiger partial charge >= 0.3 is 0 Å². The Morgan fingerprint density at radius 3 is 2.64 bits per heavy atom. The van der Waals surface area contributed by atoms with Crippen molar-refractivity contribution in [1.82, 2.24) is 15.0 Å². The molecule has 1 N–H and O–H groups in total. The second kappa shape index (κ2) is 7.15. The zero-order valence-corrected chi connectivity index (χ0v) is 16.2. The highest BCUT2D eigenvalue weighted by Gasteiger charge is 2.30. The average molecular weight is 378 g/mol. The van der Waals surface area contributed by atoms with Crippen LogP contribution in [0.25, 0.3) is 11.0 Å². The van der Waals surface area contributed by atoms with Gasteiger partial charge in [0.25, 0.3) is 5.56 Å². The molecule has 0 aromatic carbocycles. The van der Waals surface area contributed by atoms with E-state index in [0.29, 0.717) is 23.4 Å². The molecular weight excluding hydrogens is 352 g/mol. The third kappa shape index (κ3) is 2.95. The van der Waals surface area contributed by atoms with Crippen LogP contribution in [0.1, 0.15) is 78.9 Å². The van der Waals surface area contributed by atoms with Crippen LogP contribution in [0.2, 0.25) is 0 Å². The van der Waals surface area contributed by atoms with Crippen LogP contribution in [0.15, 0.2) is 16.9 Å². The van der Waals surface area contributed by atoms with Crippen LogP contribution in [0.3, 0.4) is 0 Å². The van der Waals surface area contributed by atoms with Crippen molar-refractivity contribution in [3.8, 4) is 0 Å². The molecule has 6 nitrogen and oxygen atoms in total. The minimum Gasteiger partial charge on any atom is -0.342 e. The molecule has 1 fully saturated rings. The van der Waals surface area contributed by atoms with E-state index in [4.69, 9.17) is 9.97 Å². The molecule has 2 aliphatic carbocycles. The normalized spacial score (nSPS) is 22.5. The molecule has 1 atom stereocenters. The van der Waals surface area contributed by atoms with Gasteiger partial charge in [0.2, 0.25) is 5.95 Å². The van der Waals surface area contributed by atoms with Gasteiger partial charge in [-0.25, -0.2) is 4.98 Å². The lowest BCUT2D eigenvalue weighted by Gasteiger charge is -2.28. The van der Waals surface area contributed by atoms with Crippen molar-refractivity contribution in [3.05, 3.63) is 39.3 Å². The maximum Gasteiger partial charge on any atom is 0.262 e. The van der Waals surface area contributed by atoms with Crippen molar-refractivity contribution in [2.75, 3.05) is 18.0 Å². The van der Waals surface area contributed by atoms with Gasteiger partial charge in [0, 0.05) is 25.1 Å². The summed E-state index contributed by atoms with van der Waals surface area (Å²) in [7, 11) is 0. The molecule has 3 aliphatic rings. The van der Waals surface area contributed by atoms with Crippen LogP contribution >= 0.6 is 0 Å². The number of allylic oxidation sites excluding steroid dienone is 2. The smallest absolute Gasteiger partial charge is 0.262 e. The molecule has 0 saturated carbocycles. The summed E-state index contributed by atoms with van der Waals surface area (Å²) in [5.74, 6) is 0.955. The van der Waals surface area contributed by atoms with E-state index < -0.39 is 0 Å². The van der Waals surface area contributed by atoms with Gasteiger partial charge in [-0.2, -0.15) is 4.98 Å². The van der Waals surface area contributed by atoms with Crippen molar-refractivity contribution >= 4 is 22.8 Å². The molecule has 1 saturated heterocycles. The first-order valence-corrected chi connectivity index (χ1v) is 10.6. The Kier molecular flexibility index (Phi) is 4.49. The van der Waals surface area contributed by atoms with Gasteiger partial charge < -0.3 is 4.90 Å². The monoisotopic (exact) mass is 378 g/mol. The first-order chi connectivity index (χ1) is 13.7. The van der Waals surface area contributed by atoms with Crippen molar-refractivity contribution in [2.24, 2.45) is 0 Å². The predicted octanol–water partition coefficient (Wildman–Crippen LogP) is 3.65. The van der Waals surface area contributed by atoms with E-state index in [1.807, 2.05) is 0 Å². The maximum absolute atomic E-state index is 13.2. The minimum absolute atomic E-state index is 0.139. The number of ketones is 1. The molecule has 0 radical (unpaired) electrons. The molecule has 0 amide bonds. The van der Waals surface area contributed by atoms with Crippen molar-refractivity contribution in [3.63, 3.8) is 0 Å². The van der Waals surface area contributed by atoms with E-state index in [0.717, 1.165) is 74.9 Å². The molecule has 2 aromatic rings. The molecule has 28 heavy (non-hydrogen) atoms. The van der Waals surface area contributed by atoms with E-state index >= 15 is 0 Å². The number of nitrogens with zero attached hydrogens (tertiary/aromatic N) is 3. The zero-order chi connectivity index (χ0) is 19.1. The summed E-state index contributed by atoms with van der Waals surface area (Å²) < 4.78 is 0. The fourth-order valence-corrected chi connectivity index (χ4v) is 4.99. The molecule has 0 spiro atoms. The van der Waals surface area contributed by atoms with Gasteiger partial charge in [0.1, 0.15) is 0 Å². The molecular formula is C22H26N4O2. The SMILES string of the molecule is O=C1CCCc2nc3nc(N4CCCCC4)[nH]c(=O)c3c([C@H]3CC=CCC3)c21. The lowest BCUT2D eigenvalue weighted by atomic mass is 9.79. The zero-order valence-electron chi connectivity index (χ0n) is 16.2. The number of hydrogen-bond donors (Lipinski definition) is 1. The van der Waals surface area contributed by atoms with Crippen molar-refractivity contribution < 1.29 is 4.79 Å². The second-order valence-corrected chi connectivity index (χ2v) is 8.24. The van der Waals surface area contributed by atoms with Crippen LogP contribution in [0, 0.1) is 0 Å². The van der Waals surface area contributed by atoms with Crippen LogP contribution < -0.4 is 10.5 Å². The Hall–Kier alpha value is -2.50. The minimum atomic E-state index is -0.149. The van der Waals surface area contributed by atoms with Crippen LogP contribution in [-0.4, -0.2) is 33.8 Å². The first kappa shape index (κ1) is 17.6. The second-order valence-electron chi connectivity index (χ2n) is 8.24. The number of carbonyl (C=O) groups is 1. The molecule has 0 bridgehead atoms. The Morgan fingerprint density at radius 2 is 1.86 bits per heavy atom. The number of nitrogens with one attached hydrogen (secondary N) is 1. The van der Waals surface area contributed by atoms with Crippen molar-refractivity contribution in [2.45, 2.75) is 63.7 Å². The Balaban J connectivity index is 1.74. The molecule has 3 heterocycles. The van der Waals surface area contributed by atoms with Crippen LogP contribution in [0.4, 0.5) is 5.95 Å². The highest BCUT2D eigenvalue weighted by atomic mass is 16.1. The Bertz CT molecular complexity index is 1020. The van der Waals surface area contributed by atoms with Crippen molar-refractivity contribution in [1.29, 1.82) is 0 Å². The number of aromatic nitrogens is 3. The number of piperidine rings is 1.